The number of unbranched alkanes of at least 4 members (excludes halogenated alkanes) is 6. The molecule has 0 amide bonds. The number of carbonyl (C=O) groups is 1. The third kappa shape index (κ3) is 6.87. The van der Waals surface area contributed by atoms with E-state index in [1.165, 1.54) is 45.1 Å². The summed E-state index contributed by atoms with van der Waals surface area (Å²) in [5, 5.41) is 0. The molecule has 2 rings (SSSR count). The lowest BCUT2D eigenvalue weighted by Gasteiger charge is -2.09. The highest BCUT2D eigenvalue weighted by atomic mass is 16.3. The molecular formula is C22H31NO2. The summed E-state index contributed by atoms with van der Waals surface area (Å²) in [6.45, 7) is 1.19. The van der Waals surface area contributed by atoms with Crippen molar-refractivity contribution in [2.24, 2.45) is 0 Å². The van der Waals surface area contributed by atoms with Crippen LogP contribution in [0.2, 0.25) is 0 Å². The molecule has 0 atom stereocenters. The van der Waals surface area contributed by atoms with E-state index >= 15 is 0 Å². The first-order valence-corrected chi connectivity index (χ1v) is 9.49. The van der Waals surface area contributed by atoms with Gasteiger partial charge in [-0.1, -0.05) is 56.4 Å². The van der Waals surface area contributed by atoms with Gasteiger partial charge in [0.15, 0.2) is 5.76 Å². The zero-order chi connectivity index (χ0) is 17.9. The Bertz CT molecular complexity index is 617. The fraction of sp³-hybridized carbons (Fsp3) is 0.500. The summed E-state index contributed by atoms with van der Waals surface area (Å²) in [6.07, 6.45) is 11.5. The van der Waals surface area contributed by atoms with Crippen LogP contribution < -0.4 is 0 Å². The molecule has 0 unspecified atom stereocenters. The predicted molar refractivity (Wildman–Crippen MR) is 103 cm³/mol. The summed E-state index contributed by atoms with van der Waals surface area (Å²) in [5.74, 6) is 0.409. The first-order valence-electron chi connectivity index (χ1n) is 9.49. The van der Waals surface area contributed by atoms with Crippen LogP contribution in [0.4, 0.5) is 0 Å². The zero-order valence-corrected chi connectivity index (χ0v) is 15.7. The molecule has 0 fully saturated rings. The molecule has 1 aromatic carbocycles. The van der Waals surface area contributed by atoms with Crippen LogP contribution in [0, 0.1) is 0 Å². The Morgan fingerprint density at radius 2 is 1.56 bits per heavy atom. The number of benzene rings is 1. The number of nitrogens with zero attached hydrogens (tertiary/aromatic N) is 1. The molecule has 0 spiro atoms. The number of ketones is 1. The predicted octanol–water partition coefficient (Wildman–Crippen LogP) is 5.35. The molecule has 1 heterocycles. The number of carbonyl (C=O) groups excluding carboxylic acids is 1. The van der Waals surface area contributed by atoms with Gasteiger partial charge in [0, 0.05) is 5.56 Å². The average molecular weight is 341 g/mol. The van der Waals surface area contributed by atoms with Crippen LogP contribution in [0.25, 0.3) is 0 Å². The van der Waals surface area contributed by atoms with Gasteiger partial charge in [-0.15, -0.1) is 0 Å². The van der Waals surface area contributed by atoms with Gasteiger partial charge in [0.1, 0.15) is 0 Å². The Kier molecular flexibility index (Phi) is 8.47. The van der Waals surface area contributed by atoms with Crippen molar-refractivity contribution in [3.63, 3.8) is 0 Å². The van der Waals surface area contributed by atoms with E-state index in [4.69, 9.17) is 4.42 Å². The molecule has 0 radical (unpaired) electrons. The first-order chi connectivity index (χ1) is 12.2. The highest BCUT2D eigenvalue weighted by Gasteiger charge is 2.15. The van der Waals surface area contributed by atoms with Crippen molar-refractivity contribution < 1.29 is 9.21 Å². The highest BCUT2D eigenvalue weighted by molar-refractivity contribution is 6.08. The molecule has 3 nitrogen and oxygen atoms in total. The van der Waals surface area contributed by atoms with Gasteiger partial charge < -0.3 is 9.32 Å². The number of furan rings is 1. The topological polar surface area (TPSA) is 33.5 Å². The lowest BCUT2D eigenvalue weighted by molar-refractivity contribution is 0.101. The summed E-state index contributed by atoms with van der Waals surface area (Å²) in [4.78, 5) is 14.8. The summed E-state index contributed by atoms with van der Waals surface area (Å²) < 4.78 is 5.26. The molecule has 0 saturated carbocycles. The molecule has 3 heteroatoms. The van der Waals surface area contributed by atoms with Crippen molar-refractivity contribution >= 4 is 5.78 Å². The van der Waals surface area contributed by atoms with Crippen LogP contribution in [0.15, 0.2) is 47.1 Å². The maximum absolute atomic E-state index is 12.5. The van der Waals surface area contributed by atoms with Crippen molar-refractivity contribution in [3.8, 4) is 0 Å². The van der Waals surface area contributed by atoms with Crippen LogP contribution in [-0.4, -0.2) is 31.3 Å². The molecule has 25 heavy (non-hydrogen) atoms. The van der Waals surface area contributed by atoms with Gasteiger partial charge in [-0.25, -0.2) is 0 Å². The zero-order valence-electron chi connectivity index (χ0n) is 15.7. The molecule has 0 saturated heterocycles. The Balaban J connectivity index is 1.69. The average Bonchev–Trinajstić information content (AvgIpc) is 3.14. The Labute approximate surface area is 152 Å². The van der Waals surface area contributed by atoms with E-state index in [0.29, 0.717) is 5.76 Å². The molecule has 2 aromatic rings. The smallest absolute Gasteiger partial charge is 0.228 e. The van der Waals surface area contributed by atoms with Crippen LogP contribution >= 0.6 is 0 Å². The molecule has 0 bridgehead atoms. The summed E-state index contributed by atoms with van der Waals surface area (Å²) in [7, 11) is 4.27. The van der Waals surface area contributed by atoms with Crippen LogP contribution in [0.3, 0.4) is 0 Å². The largest absolute Gasteiger partial charge is 0.461 e. The van der Waals surface area contributed by atoms with Gasteiger partial charge in [-0.2, -0.15) is 0 Å². The SMILES string of the molecule is CN(C)CCCCCCCCCc1ccccc1C(=O)c1ccco1. The van der Waals surface area contributed by atoms with E-state index in [9.17, 15) is 4.79 Å². The fourth-order valence-corrected chi connectivity index (χ4v) is 3.13. The van der Waals surface area contributed by atoms with Gasteiger partial charge in [0.25, 0.3) is 0 Å². The van der Waals surface area contributed by atoms with E-state index in [0.717, 1.165) is 24.0 Å². The maximum atomic E-state index is 12.5. The van der Waals surface area contributed by atoms with Crippen molar-refractivity contribution in [2.75, 3.05) is 20.6 Å². The van der Waals surface area contributed by atoms with Gasteiger partial charge in [-0.3, -0.25) is 4.79 Å². The summed E-state index contributed by atoms with van der Waals surface area (Å²) in [5.41, 5.74) is 1.91. The Morgan fingerprint density at radius 3 is 2.24 bits per heavy atom. The first kappa shape index (κ1) is 19.5. The molecule has 0 aliphatic rings. The van der Waals surface area contributed by atoms with Crippen molar-refractivity contribution in [1.82, 2.24) is 4.90 Å². The van der Waals surface area contributed by atoms with Gasteiger partial charge >= 0.3 is 0 Å². The van der Waals surface area contributed by atoms with Crippen LogP contribution in [-0.2, 0) is 6.42 Å². The Hall–Kier alpha value is -1.87. The maximum Gasteiger partial charge on any atom is 0.228 e. The van der Waals surface area contributed by atoms with Crippen LogP contribution in [0.1, 0.15) is 66.6 Å². The lowest BCUT2D eigenvalue weighted by atomic mass is 9.97. The second-order valence-electron chi connectivity index (χ2n) is 6.99. The third-order valence-corrected chi connectivity index (χ3v) is 4.56. The standard InChI is InChI=1S/C22H31NO2/c1-23(2)17-11-7-5-3-4-6-8-13-19-14-9-10-15-20(19)22(24)21-16-12-18-25-21/h9-10,12,14-16,18H,3-8,11,13,17H2,1-2H3. The minimum Gasteiger partial charge on any atom is -0.461 e. The number of hydrogen-bond donors (Lipinski definition) is 0. The van der Waals surface area contributed by atoms with Crippen molar-refractivity contribution in [1.29, 1.82) is 0 Å². The highest BCUT2D eigenvalue weighted by Crippen LogP contribution is 2.18. The summed E-state index contributed by atoms with van der Waals surface area (Å²) in [6, 6.07) is 11.4. The fourth-order valence-electron chi connectivity index (χ4n) is 3.13. The number of rotatable bonds is 12. The number of hydrogen-bond acceptors (Lipinski definition) is 3. The van der Waals surface area contributed by atoms with Crippen molar-refractivity contribution in [3.05, 3.63) is 59.5 Å². The molecule has 0 aliphatic carbocycles. The molecule has 0 N–H and O–H groups in total. The Morgan fingerprint density at radius 1 is 0.880 bits per heavy atom. The monoisotopic (exact) mass is 341 g/mol. The second-order valence-corrected chi connectivity index (χ2v) is 6.99. The quantitative estimate of drug-likeness (QED) is 0.386. The van der Waals surface area contributed by atoms with E-state index in [2.05, 4.69) is 25.1 Å². The van der Waals surface area contributed by atoms with Gasteiger partial charge in [0.2, 0.25) is 5.78 Å². The normalized spacial score (nSPS) is 11.2. The van der Waals surface area contributed by atoms with E-state index in [-0.39, 0.29) is 5.78 Å². The molecule has 0 aliphatic heterocycles. The van der Waals surface area contributed by atoms with Crippen molar-refractivity contribution in [2.45, 2.75) is 51.4 Å². The minimum absolute atomic E-state index is 0.0125. The minimum atomic E-state index is -0.0125. The molecule has 1 aromatic heterocycles. The number of aryl methyl sites for hydroxylation is 1. The second kappa shape index (κ2) is 10.9. The van der Waals surface area contributed by atoms with E-state index in [1.54, 1.807) is 18.4 Å². The van der Waals surface area contributed by atoms with Gasteiger partial charge in [0.05, 0.1) is 6.26 Å². The molecule has 136 valence electrons. The third-order valence-electron chi connectivity index (χ3n) is 4.56. The van der Waals surface area contributed by atoms with E-state index < -0.39 is 0 Å². The molecular weight excluding hydrogens is 310 g/mol. The van der Waals surface area contributed by atoms with Crippen LogP contribution in [0.5, 0.6) is 0 Å². The van der Waals surface area contributed by atoms with Gasteiger partial charge in [-0.05, 0) is 57.6 Å². The van der Waals surface area contributed by atoms with E-state index in [1.807, 2.05) is 18.2 Å². The lowest BCUT2D eigenvalue weighted by Crippen LogP contribution is -2.12. The summed E-state index contributed by atoms with van der Waals surface area (Å²) >= 11 is 0.